The van der Waals surface area contributed by atoms with E-state index in [9.17, 15) is 14.0 Å². The zero-order valence-electron chi connectivity index (χ0n) is 19.8. The number of benzene rings is 2. The molecule has 8 heteroatoms. The van der Waals surface area contributed by atoms with Crippen molar-refractivity contribution in [3.63, 3.8) is 0 Å². The Morgan fingerprint density at radius 3 is 2.57 bits per heavy atom. The molecule has 0 spiro atoms. The molecule has 0 saturated heterocycles. The van der Waals surface area contributed by atoms with Gasteiger partial charge in [-0.2, -0.15) is 0 Å². The molecule has 1 saturated carbocycles. The molecule has 1 aliphatic rings. The maximum atomic E-state index is 14.0. The molecule has 7 nitrogen and oxygen atoms in total. The monoisotopic (exact) mass is 482 g/mol. The molecule has 0 bridgehead atoms. The quantitative estimate of drug-likeness (QED) is 0.345. The summed E-state index contributed by atoms with van der Waals surface area (Å²) in [7, 11) is 1.62. The van der Waals surface area contributed by atoms with Gasteiger partial charge in [-0.05, 0) is 61.2 Å². The van der Waals surface area contributed by atoms with Crippen molar-refractivity contribution in [3.05, 3.63) is 65.2 Å². The Morgan fingerprint density at radius 2 is 1.89 bits per heavy atom. The molecule has 0 radical (unpaired) electrons. The lowest BCUT2D eigenvalue weighted by molar-refractivity contribution is -0.136. The van der Waals surface area contributed by atoms with Gasteiger partial charge in [0.15, 0.2) is 0 Å². The van der Waals surface area contributed by atoms with Crippen molar-refractivity contribution >= 4 is 28.5 Å². The number of furan rings is 1. The van der Waals surface area contributed by atoms with Gasteiger partial charge in [-0.25, -0.2) is 4.39 Å². The van der Waals surface area contributed by atoms with E-state index < -0.39 is 5.97 Å². The van der Waals surface area contributed by atoms with Gasteiger partial charge in [-0.1, -0.05) is 19.3 Å². The molecule has 1 fully saturated rings. The van der Waals surface area contributed by atoms with Gasteiger partial charge >= 0.3 is 5.97 Å². The highest BCUT2D eigenvalue weighted by atomic mass is 19.1. The molecule has 1 aromatic heterocycles. The molecule has 35 heavy (non-hydrogen) atoms. The molecule has 1 heterocycles. The number of carboxylic acids is 1. The summed E-state index contributed by atoms with van der Waals surface area (Å²) in [6.07, 6.45) is 5.49. The molecule has 0 aliphatic heterocycles. The van der Waals surface area contributed by atoms with E-state index >= 15 is 0 Å². The molecule has 3 N–H and O–H groups in total. The summed E-state index contributed by atoms with van der Waals surface area (Å²) < 4.78 is 25.8. The largest absolute Gasteiger partial charge is 0.481 e. The predicted octanol–water partition coefficient (Wildman–Crippen LogP) is 5.66. The first-order chi connectivity index (χ1) is 17.0. The second kappa shape index (κ2) is 11.4. The highest BCUT2D eigenvalue weighted by Crippen LogP contribution is 2.41. The third-order valence-electron chi connectivity index (χ3n) is 6.57. The fraction of sp³-hybridized carbons (Fsp3) is 0.407. The van der Waals surface area contributed by atoms with Crippen LogP contribution in [0.1, 0.15) is 66.2 Å². The Bertz CT molecular complexity index is 1170. The van der Waals surface area contributed by atoms with E-state index in [1.807, 2.05) is 12.1 Å². The molecule has 2 aromatic carbocycles. The molecule has 1 aliphatic carbocycles. The van der Waals surface area contributed by atoms with E-state index in [4.69, 9.17) is 14.3 Å². The number of rotatable bonds is 10. The summed E-state index contributed by atoms with van der Waals surface area (Å²) in [5, 5.41) is 15.7. The number of carboxylic acid groups (broad SMARTS) is 1. The molecule has 1 unspecified atom stereocenters. The Hall–Kier alpha value is -3.39. The molecule has 186 valence electrons. The minimum atomic E-state index is -0.959. The van der Waals surface area contributed by atoms with Crippen LogP contribution in [0.2, 0.25) is 0 Å². The number of carbonyl (C=O) groups is 2. The Morgan fingerprint density at radius 1 is 1.14 bits per heavy atom. The fourth-order valence-electron chi connectivity index (χ4n) is 4.83. The molecule has 1 atom stereocenters. The van der Waals surface area contributed by atoms with Gasteiger partial charge in [0.1, 0.15) is 17.2 Å². The lowest BCUT2D eigenvalue weighted by Gasteiger charge is -2.31. The minimum Gasteiger partial charge on any atom is -0.481 e. The van der Waals surface area contributed by atoms with Gasteiger partial charge in [0.2, 0.25) is 0 Å². The summed E-state index contributed by atoms with van der Waals surface area (Å²) >= 11 is 0. The zero-order chi connectivity index (χ0) is 24.8. The third kappa shape index (κ3) is 6.00. The molecule has 3 aromatic rings. The van der Waals surface area contributed by atoms with Crippen LogP contribution >= 0.6 is 0 Å². The highest BCUT2D eigenvalue weighted by Gasteiger charge is 2.31. The fourth-order valence-corrected chi connectivity index (χ4v) is 4.83. The average Bonchev–Trinajstić information content (AvgIpc) is 3.20. The topological polar surface area (TPSA) is 101 Å². The molecular formula is C27H31FN2O5. The van der Waals surface area contributed by atoms with Crippen molar-refractivity contribution in [1.29, 1.82) is 0 Å². The minimum absolute atomic E-state index is 0.0762. The van der Waals surface area contributed by atoms with E-state index in [2.05, 4.69) is 10.6 Å². The number of carbonyl (C=O) groups excluding carboxylic acids is 1. The third-order valence-corrected chi connectivity index (χ3v) is 6.57. The first-order valence-corrected chi connectivity index (χ1v) is 12.0. The van der Waals surface area contributed by atoms with Gasteiger partial charge in [0.05, 0.1) is 19.1 Å². The number of anilines is 1. The maximum Gasteiger partial charge on any atom is 0.305 e. The van der Waals surface area contributed by atoms with Gasteiger partial charge in [-0.15, -0.1) is 0 Å². The summed E-state index contributed by atoms with van der Waals surface area (Å²) in [5.41, 5.74) is 2.76. The van der Waals surface area contributed by atoms with E-state index in [1.165, 1.54) is 18.6 Å². The average molecular weight is 483 g/mol. The van der Waals surface area contributed by atoms with Crippen molar-refractivity contribution in [2.24, 2.45) is 5.92 Å². The highest BCUT2D eigenvalue weighted by molar-refractivity contribution is 5.94. The number of nitrogens with one attached hydrogen (secondary N) is 2. The van der Waals surface area contributed by atoms with Crippen LogP contribution in [0.5, 0.6) is 0 Å². The lowest BCUT2D eigenvalue weighted by atomic mass is 9.82. The number of halogens is 1. The molecule has 4 rings (SSSR count). The standard InChI is InChI=1S/C27H31FN2O5/c1-34-16-22-21-15-19(28)9-12-23(21)35-26(22)25(17-5-3-2-4-6-17)30-20-10-7-18(8-11-20)27(33)29-14-13-24(31)32/h7-12,15,17,25,30H,2-6,13-14,16H2,1H3,(H,29,33)(H,31,32). The second-order valence-corrected chi connectivity index (χ2v) is 9.02. The second-order valence-electron chi connectivity index (χ2n) is 9.02. The number of hydrogen-bond donors (Lipinski definition) is 3. The van der Waals surface area contributed by atoms with E-state index in [-0.39, 0.29) is 30.7 Å². The number of amides is 1. The van der Waals surface area contributed by atoms with Crippen molar-refractivity contribution in [2.75, 3.05) is 19.0 Å². The van der Waals surface area contributed by atoms with Crippen LogP contribution < -0.4 is 10.6 Å². The first kappa shape index (κ1) is 24.7. The number of methoxy groups -OCH3 is 1. The molecule has 1 amide bonds. The van der Waals surface area contributed by atoms with Crippen LogP contribution in [-0.4, -0.2) is 30.6 Å². The normalized spacial score (nSPS) is 15.1. The zero-order valence-corrected chi connectivity index (χ0v) is 19.8. The van der Waals surface area contributed by atoms with Crippen LogP contribution in [-0.2, 0) is 16.1 Å². The number of hydrogen-bond acceptors (Lipinski definition) is 5. The predicted molar refractivity (Wildman–Crippen MR) is 131 cm³/mol. The van der Waals surface area contributed by atoms with Crippen LogP contribution in [0.4, 0.5) is 10.1 Å². The van der Waals surface area contributed by atoms with Crippen LogP contribution in [0.15, 0.2) is 46.9 Å². The number of fused-ring (bicyclic) bond motifs is 1. The van der Waals surface area contributed by atoms with Crippen LogP contribution in [0, 0.1) is 11.7 Å². The lowest BCUT2D eigenvalue weighted by Crippen LogP contribution is -2.26. The summed E-state index contributed by atoms with van der Waals surface area (Å²) in [4.78, 5) is 22.9. The SMILES string of the molecule is COCc1c(C(Nc2ccc(C(=O)NCCC(=O)O)cc2)C2CCCCC2)oc2ccc(F)cc12. The first-order valence-electron chi connectivity index (χ1n) is 12.0. The van der Waals surface area contributed by atoms with E-state index in [0.717, 1.165) is 48.1 Å². The smallest absolute Gasteiger partial charge is 0.305 e. The Labute approximate surface area is 203 Å². The van der Waals surface area contributed by atoms with Crippen molar-refractivity contribution in [2.45, 2.75) is 51.2 Å². The Balaban J connectivity index is 1.60. The van der Waals surface area contributed by atoms with Gasteiger partial charge < -0.3 is 24.9 Å². The van der Waals surface area contributed by atoms with Gasteiger partial charge in [0, 0.05) is 35.9 Å². The van der Waals surface area contributed by atoms with Gasteiger partial charge in [0.25, 0.3) is 5.91 Å². The Kier molecular flexibility index (Phi) is 8.02. The van der Waals surface area contributed by atoms with Gasteiger partial charge in [-0.3, -0.25) is 9.59 Å². The van der Waals surface area contributed by atoms with Crippen molar-refractivity contribution < 1.29 is 28.2 Å². The van der Waals surface area contributed by atoms with E-state index in [0.29, 0.717) is 23.7 Å². The number of aliphatic carboxylic acids is 1. The van der Waals surface area contributed by atoms with E-state index in [1.54, 1.807) is 25.3 Å². The summed E-state index contributed by atoms with van der Waals surface area (Å²) in [6.45, 7) is 0.388. The van der Waals surface area contributed by atoms with Crippen molar-refractivity contribution in [3.8, 4) is 0 Å². The van der Waals surface area contributed by atoms with Crippen LogP contribution in [0.25, 0.3) is 11.0 Å². The van der Waals surface area contributed by atoms with Crippen LogP contribution in [0.3, 0.4) is 0 Å². The maximum absolute atomic E-state index is 14.0. The summed E-state index contributed by atoms with van der Waals surface area (Å²) in [6, 6.07) is 11.5. The van der Waals surface area contributed by atoms with Crippen molar-refractivity contribution in [1.82, 2.24) is 5.32 Å². The summed E-state index contributed by atoms with van der Waals surface area (Å²) in [5.74, 6) is -0.497. The number of ether oxygens (including phenoxy) is 1. The molecular weight excluding hydrogens is 451 g/mol.